The van der Waals surface area contributed by atoms with E-state index < -0.39 is 0 Å². The molecule has 0 fully saturated rings. The molecule has 0 aliphatic carbocycles. The number of rotatable bonds is 7. The second-order valence-electron chi connectivity index (χ2n) is 7.54. The lowest BCUT2D eigenvalue weighted by Gasteiger charge is -2.14. The number of halogens is 1. The maximum absolute atomic E-state index is 13.3. The molecule has 4 rings (SSSR count). The van der Waals surface area contributed by atoms with Crippen LogP contribution in [0.15, 0.2) is 67.0 Å². The van der Waals surface area contributed by atoms with Crippen molar-refractivity contribution < 1.29 is 9.13 Å². The van der Waals surface area contributed by atoms with Crippen LogP contribution in [-0.4, -0.2) is 37.7 Å². The molecule has 1 N–H and O–H groups in total. The second kappa shape index (κ2) is 9.00. The fourth-order valence-corrected chi connectivity index (χ4v) is 3.53. The summed E-state index contributed by atoms with van der Waals surface area (Å²) in [5.41, 5.74) is 4.99. The monoisotopic (exact) mass is 416 g/mol. The standard InChI is InChI=1S/C25H25FN4O/c1-30(2)21-10-4-17(5-11-21)12-13-27-25-22-14-19(18-6-8-20(26)9-7-18)15-23(31-3)24(22)28-16-29-25/h4-11,14-16H,12-13H2,1-3H3,(H,27,28,29). The van der Waals surface area contributed by atoms with Gasteiger partial charge in [0, 0.05) is 31.7 Å². The number of nitrogens with one attached hydrogen (secondary N) is 1. The number of fused-ring (bicyclic) bond motifs is 1. The van der Waals surface area contributed by atoms with E-state index in [1.165, 1.54) is 29.7 Å². The number of methoxy groups -OCH3 is 1. The van der Waals surface area contributed by atoms with Gasteiger partial charge in [-0.25, -0.2) is 14.4 Å². The van der Waals surface area contributed by atoms with E-state index >= 15 is 0 Å². The smallest absolute Gasteiger partial charge is 0.145 e. The zero-order valence-corrected chi connectivity index (χ0v) is 17.9. The number of hydrogen-bond donors (Lipinski definition) is 1. The Kier molecular flexibility index (Phi) is 5.98. The van der Waals surface area contributed by atoms with Crippen LogP contribution in [0.1, 0.15) is 5.56 Å². The average Bonchev–Trinajstić information content (AvgIpc) is 2.79. The Bertz CT molecular complexity index is 1170. The predicted molar refractivity (Wildman–Crippen MR) is 124 cm³/mol. The molecule has 0 amide bonds. The van der Waals surface area contributed by atoms with E-state index in [9.17, 15) is 4.39 Å². The molecule has 0 aliphatic heterocycles. The number of hydrogen-bond acceptors (Lipinski definition) is 5. The highest BCUT2D eigenvalue weighted by Gasteiger charge is 2.12. The van der Waals surface area contributed by atoms with Crippen molar-refractivity contribution in [1.82, 2.24) is 9.97 Å². The van der Waals surface area contributed by atoms with Crippen LogP contribution in [0.4, 0.5) is 15.9 Å². The number of nitrogens with zero attached hydrogens (tertiary/aromatic N) is 3. The molecule has 0 spiro atoms. The molecular formula is C25H25FN4O. The normalized spacial score (nSPS) is 10.8. The highest BCUT2D eigenvalue weighted by molar-refractivity contribution is 5.96. The van der Waals surface area contributed by atoms with Crippen molar-refractivity contribution in [2.75, 3.05) is 38.0 Å². The molecule has 1 aromatic heterocycles. The van der Waals surface area contributed by atoms with Crippen LogP contribution in [-0.2, 0) is 6.42 Å². The van der Waals surface area contributed by atoms with Crippen LogP contribution in [0, 0.1) is 5.82 Å². The Labute approximate surface area is 181 Å². The highest BCUT2D eigenvalue weighted by atomic mass is 19.1. The summed E-state index contributed by atoms with van der Waals surface area (Å²) in [7, 11) is 5.69. The molecule has 1 heterocycles. The number of benzene rings is 3. The quantitative estimate of drug-likeness (QED) is 0.451. The fraction of sp³-hybridized carbons (Fsp3) is 0.200. The largest absolute Gasteiger partial charge is 0.494 e. The van der Waals surface area contributed by atoms with Crippen molar-refractivity contribution in [1.29, 1.82) is 0 Å². The summed E-state index contributed by atoms with van der Waals surface area (Å²) in [5.74, 6) is 1.14. The first kappa shape index (κ1) is 20.6. The van der Waals surface area contributed by atoms with E-state index in [4.69, 9.17) is 4.74 Å². The van der Waals surface area contributed by atoms with Crippen LogP contribution in [0.5, 0.6) is 5.75 Å². The van der Waals surface area contributed by atoms with Gasteiger partial charge in [0.1, 0.15) is 29.2 Å². The van der Waals surface area contributed by atoms with E-state index in [1.807, 2.05) is 26.2 Å². The maximum atomic E-state index is 13.3. The molecule has 4 aromatic rings. The van der Waals surface area contributed by atoms with Gasteiger partial charge in [0.05, 0.1) is 7.11 Å². The van der Waals surface area contributed by atoms with Crippen LogP contribution in [0.25, 0.3) is 22.0 Å². The summed E-state index contributed by atoms with van der Waals surface area (Å²) in [6.07, 6.45) is 2.41. The van der Waals surface area contributed by atoms with Crippen molar-refractivity contribution in [2.24, 2.45) is 0 Å². The van der Waals surface area contributed by atoms with Crippen molar-refractivity contribution in [2.45, 2.75) is 6.42 Å². The minimum atomic E-state index is -0.263. The van der Waals surface area contributed by atoms with Gasteiger partial charge < -0.3 is 15.0 Å². The topological polar surface area (TPSA) is 50.3 Å². The molecule has 0 radical (unpaired) electrons. The number of anilines is 2. The third kappa shape index (κ3) is 4.58. The Morgan fingerprint density at radius 1 is 0.935 bits per heavy atom. The minimum Gasteiger partial charge on any atom is -0.494 e. The summed E-state index contributed by atoms with van der Waals surface area (Å²) < 4.78 is 18.9. The van der Waals surface area contributed by atoms with Gasteiger partial charge >= 0.3 is 0 Å². The van der Waals surface area contributed by atoms with Crippen molar-refractivity contribution in [3.05, 3.63) is 78.4 Å². The van der Waals surface area contributed by atoms with Gasteiger partial charge in [-0.2, -0.15) is 0 Å². The molecule has 0 saturated carbocycles. The van der Waals surface area contributed by atoms with Gasteiger partial charge in [-0.15, -0.1) is 0 Å². The number of aromatic nitrogens is 2. The lowest BCUT2D eigenvalue weighted by Crippen LogP contribution is -2.09. The summed E-state index contributed by atoms with van der Waals surface area (Å²) in [6.45, 7) is 0.733. The zero-order valence-electron chi connectivity index (χ0n) is 17.9. The molecule has 31 heavy (non-hydrogen) atoms. The van der Waals surface area contributed by atoms with E-state index in [2.05, 4.69) is 44.5 Å². The van der Waals surface area contributed by atoms with Gasteiger partial charge in [-0.05, 0) is 59.5 Å². The predicted octanol–water partition coefficient (Wildman–Crippen LogP) is 5.17. The van der Waals surface area contributed by atoms with Crippen molar-refractivity contribution >= 4 is 22.4 Å². The van der Waals surface area contributed by atoms with Gasteiger partial charge in [-0.1, -0.05) is 24.3 Å². The maximum Gasteiger partial charge on any atom is 0.145 e. The highest BCUT2D eigenvalue weighted by Crippen LogP contribution is 2.34. The van der Waals surface area contributed by atoms with Crippen LogP contribution in [0.2, 0.25) is 0 Å². The Morgan fingerprint density at radius 2 is 1.68 bits per heavy atom. The van der Waals surface area contributed by atoms with Gasteiger partial charge in [0.25, 0.3) is 0 Å². The molecule has 0 aliphatic rings. The lowest BCUT2D eigenvalue weighted by atomic mass is 10.0. The first-order valence-electron chi connectivity index (χ1n) is 10.1. The molecule has 6 heteroatoms. The van der Waals surface area contributed by atoms with E-state index in [0.717, 1.165) is 40.8 Å². The third-order valence-corrected chi connectivity index (χ3v) is 5.26. The van der Waals surface area contributed by atoms with Crippen LogP contribution >= 0.6 is 0 Å². The van der Waals surface area contributed by atoms with Crippen LogP contribution < -0.4 is 15.0 Å². The summed E-state index contributed by atoms with van der Waals surface area (Å²) in [5, 5.41) is 4.30. The molecule has 0 unspecified atom stereocenters. The molecule has 158 valence electrons. The first-order chi connectivity index (χ1) is 15.0. The first-order valence-corrected chi connectivity index (χ1v) is 10.1. The van der Waals surface area contributed by atoms with E-state index in [0.29, 0.717) is 5.75 Å². The number of ether oxygens (including phenoxy) is 1. The molecule has 0 atom stereocenters. The molecular weight excluding hydrogens is 391 g/mol. The van der Waals surface area contributed by atoms with E-state index in [1.54, 1.807) is 19.2 Å². The molecule has 0 bridgehead atoms. The van der Waals surface area contributed by atoms with Crippen molar-refractivity contribution in [3.63, 3.8) is 0 Å². The summed E-state index contributed by atoms with van der Waals surface area (Å²) in [4.78, 5) is 11.0. The van der Waals surface area contributed by atoms with E-state index in [-0.39, 0.29) is 5.82 Å². The zero-order chi connectivity index (χ0) is 21.8. The van der Waals surface area contributed by atoms with Gasteiger partial charge in [0.2, 0.25) is 0 Å². The van der Waals surface area contributed by atoms with Gasteiger partial charge in [-0.3, -0.25) is 0 Å². The fourth-order valence-electron chi connectivity index (χ4n) is 3.53. The van der Waals surface area contributed by atoms with Crippen molar-refractivity contribution in [3.8, 4) is 16.9 Å². The SMILES string of the molecule is COc1cc(-c2ccc(F)cc2)cc2c(NCCc3ccc(N(C)C)cc3)ncnc12. The third-order valence-electron chi connectivity index (χ3n) is 5.26. The Hall–Kier alpha value is -3.67. The lowest BCUT2D eigenvalue weighted by molar-refractivity contribution is 0.419. The second-order valence-corrected chi connectivity index (χ2v) is 7.54. The molecule has 0 saturated heterocycles. The molecule has 5 nitrogen and oxygen atoms in total. The van der Waals surface area contributed by atoms with Gasteiger partial charge in [0.15, 0.2) is 0 Å². The Balaban J connectivity index is 1.59. The summed E-state index contributed by atoms with van der Waals surface area (Å²) >= 11 is 0. The average molecular weight is 417 g/mol. The summed E-state index contributed by atoms with van der Waals surface area (Å²) in [6, 6.07) is 18.9. The molecule has 3 aromatic carbocycles. The Morgan fingerprint density at radius 3 is 2.35 bits per heavy atom. The minimum absolute atomic E-state index is 0.263. The van der Waals surface area contributed by atoms with Crippen LogP contribution in [0.3, 0.4) is 0 Å².